The molecule has 84 valence electrons. The van der Waals surface area contributed by atoms with E-state index in [0.717, 1.165) is 24.0 Å². The van der Waals surface area contributed by atoms with Crippen LogP contribution in [0.25, 0.3) is 0 Å². The Morgan fingerprint density at radius 1 is 1.53 bits per heavy atom. The van der Waals surface area contributed by atoms with Gasteiger partial charge in [-0.15, -0.1) is 11.3 Å². The van der Waals surface area contributed by atoms with E-state index in [1.165, 1.54) is 18.5 Å². The quantitative estimate of drug-likeness (QED) is 0.827. The summed E-state index contributed by atoms with van der Waals surface area (Å²) in [7, 11) is 0. The number of thiazole rings is 1. The van der Waals surface area contributed by atoms with Crippen LogP contribution in [0.15, 0.2) is 5.38 Å². The summed E-state index contributed by atoms with van der Waals surface area (Å²) in [4.78, 5) is 4.53. The highest BCUT2D eigenvalue weighted by Crippen LogP contribution is 2.51. The van der Waals surface area contributed by atoms with Crippen molar-refractivity contribution in [3.05, 3.63) is 11.1 Å². The Kier molecular flexibility index (Phi) is 3.01. The largest absolute Gasteiger partial charge is 0.361 e. The van der Waals surface area contributed by atoms with Gasteiger partial charge in [0.1, 0.15) is 0 Å². The second kappa shape index (κ2) is 4.12. The highest BCUT2D eigenvalue weighted by atomic mass is 32.1. The molecular weight excluding hydrogens is 204 g/mol. The predicted octanol–water partition coefficient (Wildman–Crippen LogP) is 3.55. The van der Waals surface area contributed by atoms with Gasteiger partial charge in [-0.3, -0.25) is 0 Å². The third kappa shape index (κ3) is 2.33. The molecule has 1 heterocycles. The van der Waals surface area contributed by atoms with Crippen molar-refractivity contribution in [2.24, 2.45) is 11.3 Å². The lowest BCUT2D eigenvalue weighted by molar-refractivity contribution is 0.380. The average molecular weight is 224 g/mol. The van der Waals surface area contributed by atoms with Crippen LogP contribution in [0.5, 0.6) is 0 Å². The fraction of sp³-hybridized carbons (Fsp3) is 0.750. The highest BCUT2D eigenvalue weighted by Gasteiger charge is 2.44. The number of anilines is 1. The summed E-state index contributed by atoms with van der Waals surface area (Å²) in [6, 6.07) is 0. The molecule has 0 bridgehead atoms. The molecule has 1 saturated carbocycles. The van der Waals surface area contributed by atoms with Crippen molar-refractivity contribution in [3.63, 3.8) is 0 Å². The van der Waals surface area contributed by atoms with Gasteiger partial charge in [-0.05, 0) is 30.6 Å². The second-order valence-electron chi connectivity index (χ2n) is 4.87. The van der Waals surface area contributed by atoms with Gasteiger partial charge in [-0.2, -0.15) is 0 Å². The molecule has 1 aromatic rings. The summed E-state index contributed by atoms with van der Waals surface area (Å²) < 4.78 is 0. The van der Waals surface area contributed by atoms with Crippen LogP contribution in [0.1, 0.15) is 39.3 Å². The van der Waals surface area contributed by atoms with Gasteiger partial charge in [-0.1, -0.05) is 20.8 Å². The van der Waals surface area contributed by atoms with Gasteiger partial charge in [0.25, 0.3) is 0 Å². The molecule has 0 aromatic carbocycles. The first-order chi connectivity index (χ1) is 7.16. The standard InChI is InChI=1S/C12H20N2S/c1-4-10-7-15-11(14-10)13-8-12(5-6-12)9(2)3/h7,9H,4-6,8H2,1-3H3,(H,13,14). The van der Waals surface area contributed by atoms with E-state index in [-0.39, 0.29) is 0 Å². The summed E-state index contributed by atoms with van der Waals surface area (Å²) in [6.07, 6.45) is 3.79. The monoisotopic (exact) mass is 224 g/mol. The zero-order chi connectivity index (χ0) is 10.9. The average Bonchev–Trinajstić information content (AvgIpc) is 2.88. The molecule has 0 amide bonds. The van der Waals surface area contributed by atoms with Crippen LogP contribution in [0.2, 0.25) is 0 Å². The summed E-state index contributed by atoms with van der Waals surface area (Å²) >= 11 is 1.73. The molecule has 3 heteroatoms. The minimum Gasteiger partial charge on any atom is -0.361 e. The number of nitrogens with zero attached hydrogens (tertiary/aromatic N) is 1. The maximum Gasteiger partial charge on any atom is 0.182 e. The van der Waals surface area contributed by atoms with Gasteiger partial charge in [-0.25, -0.2) is 4.98 Å². The van der Waals surface area contributed by atoms with Crippen LogP contribution in [0, 0.1) is 11.3 Å². The van der Waals surface area contributed by atoms with E-state index in [2.05, 4.69) is 36.5 Å². The lowest BCUT2D eigenvalue weighted by Crippen LogP contribution is -2.20. The molecule has 1 aliphatic rings. The van der Waals surface area contributed by atoms with Crippen LogP contribution < -0.4 is 5.32 Å². The van der Waals surface area contributed by atoms with Crippen LogP contribution in [0.3, 0.4) is 0 Å². The molecule has 1 aromatic heterocycles. The molecule has 1 fully saturated rings. The molecule has 2 rings (SSSR count). The molecule has 0 aliphatic heterocycles. The Morgan fingerprint density at radius 3 is 2.73 bits per heavy atom. The lowest BCUT2D eigenvalue weighted by Gasteiger charge is -2.19. The predicted molar refractivity (Wildman–Crippen MR) is 66.5 cm³/mol. The number of rotatable bonds is 5. The SMILES string of the molecule is CCc1csc(NCC2(C(C)C)CC2)n1. The van der Waals surface area contributed by atoms with E-state index >= 15 is 0 Å². The molecule has 0 radical (unpaired) electrons. The minimum absolute atomic E-state index is 0.568. The van der Waals surface area contributed by atoms with E-state index in [0.29, 0.717) is 5.41 Å². The fourth-order valence-corrected chi connectivity index (χ4v) is 2.71. The third-order valence-electron chi connectivity index (χ3n) is 3.62. The Hall–Kier alpha value is -0.570. The zero-order valence-corrected chi connectivity index (χ0v) is 10.7. The molecule has 1 N–H and O–H groups in total. The van der Waals surface area contributed by atoms with E-state index in [1.807, 2.05) is 0 Å². The van der Waals surface area contributed by atoms with Gasteiger partial charge >= 0.3 is 0 Å². The molecule has 0 unspecified atom stereocenters. The van der Waals surface area contributed by atoms with Crippen molar-refractivity contribution in [1.82, 2.24) is 4.98 Å². The lowest BCUT2D eigenvalue weighted by atomic mass is 9.92. The van der Waals surface area contributed by atoms with Gasteiger partial charge in [0.05, 0.1) is 5.69 Å². The van der Waals surface area contributed by atoms with E-state index < -0.39 is 0 Å². The minimum atomic E-state index is 0.568. The van der Waals surface area contributed by atoms with Crippen molar-refractivity contribution < 1.29 is 0 Å². The van der Waals surface area contributed by atoms with Gasteiger partial charge in [0.15, 0.2) is 5.13 Å². The van der Waals surface area contributed by atoms with E-state index in [9.17, 15) is 0 Å². The normalized spacial score (nSPS) is 18.1. The van der Waals surface area contributed by atoms with Gasteiger partial charge in [0.2, 0.25) is 0 Å². The van der Waals surface area contributed by atoms with E-state index in [4.69, 9.17) is 0 Å². The molecule has 2 nitrogen and oxygen atoms in total. The first-order valence-corrected chi connectivity index (χ1v) is 6.72. The van der Waals surface area contributed by atoms with Crippen molar-refractivity contribution in [2.45, 2.75) is 40.0 Å². The molecule has 15 heavy (non-hydrogen) atoms. The maximum atomic E-state index is 4.53. The Labute approximate surface area is 96.1 Å². The van der Waals surface area contributed by atoms with E-state index in [1.54, 1.807) is 11.3 Å². The Bertz CT molecular complexity index is 326. The highest BCUT2D eigenvalue weighted by molar-refractivity contribution is 7.13. The zero-order valence-electron chi connectivity index (χ0n) is 9.84. The van der Waals surface area contributed by atoms with Crippen LogP contribution >= 0.6 is 11.3 Å². The maximum absolute atomic E-state index is 4.53. The number of hydrogen-bond acceptors (Lipinski definition) is 3. The first-order valence-electron chi connectivity index (χ1n) is 5.84. The molecule has 0 spiro atoms. The fourth-order valence-electron chi connectivity index (χ4n) is 1.92. The third-order valence-corrected chi connectivity index (χ3v) is 4.47. The second-order valence-corrected chi connectivity index (χ2v) is 5.73. The van der Waals surface area contributed by atoms with Crippen molar-refractivity contribution in [2.75, 3.05) is 11.9 Å². The molecule has 1 aliphatic carbocycles. The number of hydrogen-bond donors (Lipinski definition) is 1. The Morgan fingerprint density at radius 2 is 2.27 bits per heavy atom. The summed E-state index contributed by atoms with van der Waals surface area (Å²) in [5, 5.41) is 6.74. The van der Waals surface area contributed by atoms with Crippen LogP contribution in [-0.2, 0) is 6.42 Å². The van der Waals surface area contributed by atoms with Crippen molar-refractivity contribution >= 4 is 16.5 Å². The first kappa shape index (κ1) is 10.9. The van der Waals surface area contributed by atoms with Crippen LogP contribution in [0.4, 0.5) is 5.13 Å². The number of nitrogens with one attached hydrogen (secondary N) is 1. The summed E-state index contributed by atoms with van der Waals surface area (Å²) in [5.41, 5.74) is 1.77. The summed E-state index contributed by atoms with van der Waals surface area (Å²) in [6.45, 7) is 7.90. The number of aryl methyl sites for hydroxylation is 1. The van der Waals surface area contributed by atoms with Gasteiger partial charge < -0.3 is 5.32 Å². The molecule has 0 atom stereocenters. The molecule has 0 saturated heterocycles. The van der Waals surface area contributed by atoms with Gasteiger partial charge in [0, 0.05) is 11.9 Å². The van der Waals surface area contributed by atoms with Crippen molar-refractivity contribution in [1.29, 1.82) is 0 Å². The molecular formula is C12H20N2S. The topological polar surface area (TPSA) is 24.9 Å². The number of aromatic nitrogens is 1. The van der Waals surface area contributed by atoms with Crippen LogP contribution in [-0.4, -0.2) is 11.5 Å². The Balaban J connectivity index is 1.88. The summed E-state index contributed by atoms with van der Waals surface area (Å²) in [5.74, 6) is 0.788. The smallest absolute Gasteiger partial charge is 0.182 e. The van der Waals surface area contributed by atoms with Crippen molar-refractivity contribution in [3.8, 4) is 0 Å².